The lowest BCUT2D eigenvalue weighted by molar-refractivity contribution is 0.0685. The second-order valence-corrected chi connectivity index (χ2v) is 8.57. The molecule has 4 aliphatic rings. The summed E-state index contributed by atoms with van der Waals surface area (Å²) in [6.07, 6.45) is 8.40. The van der Waals surface area contributed by atoms with Gasteiger partial charge in [0, 0.05) is 34.9 Å². The second-order valence-electron chi connectivity index (χ2n) is 6.99. The van der Waals surface area contributed by atoms with Gasteiger partial charge in [-0.15, -0.1) is 0 Å². The van der Waals surface area contributed by atoms with Crippen molar-refractivity contribution in [3.05, 3.63) is 0 Å². The minimum Gasteiger partial charge on any atom is -0.300 e. The molecule has 2 aliphatic heterocycles. The van der Waals surface area contributed by atoms with E-state index in [0.717, 1.165) is 29.4 Å². The largest absolute Gasteiger partial charge is 0.300 e. The van der Waals surface area contributed by atoms with Gasteiger partial charge in [-0.1, -0.05) is 0 Å². The van der Waals surface area contributed by atoms with Gasteiger partial charge >= 0.3 is 0 Å². The van der Waals surface area contributed by atoms with Gasteiger partial charge in [-0.25, -0.2) is 0 Å². The van der Waals surface area contributed by atoms with Crippen LogP contribution in [-0.4, -0.2) is 39.7 Å². The maximum Gasteiger partial charge on any atom is 0.0303 e. The van der Waals surface area contributed by atoms with E-state index in [1.165, 1.54) is 51.6 Å². The van der Waals surface area contributed by atoms with E-state index >= 15 is 0 Å². The van der Waals surface area contributed by atoms with Gasteiger partial charge in [-0.2, -0.15) is 0 Å². The van der Waals surface area contributed by atoms with Crippen molar-refractivity contribution in [2.75, 3.05) is 24.6 Å². The van der Waals surface area contributed by atoms with Crippen LogP contribution >= 0.6 is 0 Å². The summed E-state index contributed by atoms with van der Waals surface area (Å²) < 4.78 is 11.7. The van der Waals surface area contributed by atoms with Crippen LogP contribution in [0.4, 0.5) is 0 Å². The number of fused-ring (bicyclic) bond motifs is 1. The fraction of sp³-hybridized carbons (Fsp3) is 1.00. The van der Waals surface area contributed by atoms with Crippen LogP contribution in [-0.2, 0) is 10.8 Å². The molecule has 17 heavy (non-hydrogen) atoms. The summed E-state index contributed by atoms with van der Waals surface area (Å²) in [6, 6.07) is 0.893. The molecule has 2 saturated carbocycles. The van der Waals surface area contributed by atoms with Crippen LogP contribution < -0.4 is 0 Å². The zero-order chi connectivity index (χ0) is 11.5. The summed E-state index contributed by atoms with van der Waals surface area (Å²) in [6.45, 7) is 2.58. The molecule has 3 heteroatoms. The average molecular weight is 253 g/mol. The maximum absolute atomic E-state index is 11.7. The van der Waals surface area contributed by atoms with Gasteiger partial charge in [-0.05, 0) is 62.3 Å². The Hall–Kier alpha value is 0.110. The first-order valence-corrected chi connectivity index (χ1v) is 8.82. The molecule has 0 radical (unpaired) electrons. The van der Waals surface area contributed by atoms with E-state index in [4.69, 9.17) is 0 Å². The smallest absolute Gasteiger partial charge is 0.0303 e. The normalized spacial score (nSPS) is 54.1. The van der Waals surface area contributed by atoms with Gasteiger partial charge < -0.3 is 0 Å². The molecule has 4 fully saturated rings. The van der Waals surface area contributed by atoms with E-state index in [1.807, 2.05) is 0 Å². The van der Waals surface area contributed by atoms with Gasteiger partial charge in [0.25, 0.3) is 0 Å². The molecule has 1 spiro atoms. The molecule has 0 aromatic heterocycles. The average Bonchev–Trinajstić information content (AvgIpc) is 2.77. The third kappa shape index (κ3) is 1.90. The Morgan fingerprint density at radius 1 is 1.12 bits per heavy atom. The molecule has 0 aromatic rings. The van der Waals surface area contributed by atoms with Crippen LogP contribution in [0.3, 0.4) is 0 Å². The third-order valence-electron chi connectivity index (χ3n) is 5.75. The molecule has 96 valence electrons. The van der Waals surface area contributed by atoms with E-state index in [1.54, 1.807) is 0 Å². The lowest BCUT2D eigenvalue weighted by Gasteiger charge is -2.43. The first-order chi connectivity index (χ1) is 8.24. The van der Waals surface area contributed by atoms with E-state index in [9.17, 15) is 4.21 Å². The summed E-state index contributed by atoms with van der Waals surface area (Å²) in [5.74, 6) is 4.17. The van der Waals surface area contributed by atoms with E-state index in [2.05, 4.69) is 4.90 Å². The molecule has 4 atom stereocenters. The SMILES string of the molecule is O=S1CC[C@@]2(CCCN(C3CC4CC4C3)C2)C1. The number of piperidine rings is 1. The highest BCUT2D eigenvalue weighted by Gasteiger charge is 2.50. The highest BCUT2D eigenvalue weighted by atomic mass is 32.2. The molecule has 0 amide bonds. The standard InChI is InChI=1S/C14H23NOS/c16-17-5-3-14(10-17)2-1-4-15(9-14)13-7-11-6-12(11)8-13/h11-13H,1-10H2/t11?,12?,13?,14-,17?/m1/s1. The lowest BCUT2D eigenvalue weighted by atomic mass is 9.79. The van der Waals surface area contributed by atoms with Crippen LogP contribution in [0.5, 0.6) is 0 Å². The Bertz CT molecular complexity index is 348. The van der Waals surface area contributed by atoms with Crippen LogP contribution in [0.15, 0.2) is 0 Å². The first kappa shape index (κ1) is 11.0. The van der Waals surface area contributed by atoms with Gasteiger partial charge in [0.05, 0.1) is 0 Å². The molecule has 0 N–H and O–H groups in total. The molecule has 2 saturated heterocycles. The lowest BCUT2D eigenvalue weighted by Crippen LogP contribution is -2.48. The van der Waals surface area contributed by atoms with Gasteiger partial charge in [0.2, 0.25) is 0 Å². The summed E-state index contributed by atoms with van der Waals surface area (Å²) in [5.41, 5.74) is 0.454. The number of likely N-dealkylation sites (tertiary alicyclic amines) is 1. The van der Waals surface area contributed by atoms with Crippen LogP contribution in [0.2, 0.25) is 0 Å². The van der Waals surface area contributed by atoms with Crippen molar-refractivity contribution in [3.8, 4) is 0 Å². The maximum atomic E-state index is 11.7. The quantitative estimate of drug-likeness (QED) is 0.712. The van der Waals surface area contributed by atoms with Crippen molar-refractivity contribution in [3.63, 3.8) is 0 Å². The van der Waals surface area contributed by atoms with Crippen LogP contribution in [0.1, 0.15) is 38.5 Å². The van der Waals surface area contributed by atoms with Crippen LogP contribution in [0.25, 0.3) is 0 Å². The molecular formula is C14H23NOS. The highest BCUT2D eigenvalue weighted by molar-refractivity contribution is 7.85. The molecule has 4 rings (SSSR count). The molecule has 2 nitrogen and oxygen atoms in total. The number of hydrogen-bond acceptors (Lipinski definition) is 2. The fourth-order valence-corrected chi connectivity index (χ4v) is 6.54. The molecular weight excluding hydrogens is 230 g/mol. The van der Waals surface area contributed by atoms with E-state index in [-0.39, 0.29) is 0 Å². The van der Waals surface area contributed by atoms with Crippen LogP contribution in [0, 0.1) is 17.3 Å². The molecule has 0 bridgehead atoms. The van der Waals surface area contributed by atoms with E-state index < -0.39 is 10.8 Å². The Morgan fingerprint density at radius 3 is 2.65 bits per heavy atom. The van der Waals surface area contributed by atoms with Gasteiger partial charge in [0.1, 0.15) is 0 Å². The summed E-state index contributed by atoms with van der Waals surface area (Å²) in [4.78, 5) is 2.78. The summed E-state index contributed by atoms with van der Waals surface area (Å²) in [5, 5.41) is 0. The number of hydrogen-bond donors (Lipinski definition) is 0. The van der Waals surface area contributed by atoms with E-state index in [0.29, 0.717) is 5.41 Å². The second kappa shape index (κ2) is 3.80. The molecule has 0 aromatic carbocycles. The van der Waals surface area contributed by atoms with Crippen molar-refractivity contribution in [2.24, 2.45) is 17.3 Å². The summed E-state index contributed by atoms with van der Waals surface area (Å²) in [7, 11) is -0.501. The van der Waals surface area contributed by atoms with Gasteiger partial charge in [-0.3, -0.25) is 9.11 Å². The van der Waals surface area contributed by atoms with Crippen molar-refractivity contribution in [1.29, 1.82) is 0 Å². The third-order valence-corrected chi connectivity index (χ3v) is 7.35. The van der Waals surface area contributed by atoms with Gasteiger partial charge in [0.15, 0.2) is 0 Å². The van der Waals surface area contributed by atoms with Crippen molar-refractivity contribution >= 4 is 10.8 Å². The Labute approximate surface area is 107 Å². The number of nitrogens with zero attached hydrogens (tertiary/aromatic N) is 1. The first-order valence-electron chi connectivity index (χ1n) is 7.33. The van der Waals surface area contributed by atoms with Crippen molar-refractivity contribution in [1.82, 2.24) is 4.90 Å². The van der Waals surface area contributed by atoms with Crippen molar-refractivity contribution in [2.45, 2.75) is 44.6 Å². The molecule has 2 aliphatic carbocycles. The Balaban J connectivity index is 1.45. The fourth-order valence-electron chi connectivity index (χ4n) is 4.68. The minimum atomic E-state index is -0.501. The predicted molar refractivity (Wildman–Crippen MR) is 70.4 cm³/mol. The minimum absolute atomic E-state index is 0.454. The van der Waals surface area contributed by atoms with Crippen molar-refractivity contribution < 1.29 is 4.21 Å². The zero-order valence-corrected chi connectivity index (χ0v) is 11.4. The topological polar surface area (TPSA) is 20.3 Å². The Kier molecular flexibility index (Phi) is 2.45. The molecule has 3 unspecified atom stereocenters. The zero-order valence-electron chi connectivity index (χ0n) is 10.6. The summed E-state index contributed by atoms with van der Waals surface area (Å²) >= 11 is 0. The Morgan fingerprint density at radius 2 is 1.94 bits per heavy atom. The highest BCUT2D eigenvalue weighted by Crippen LogP contribution is 2.54. The predicted octanol–water partition coefficient (Wildman–Crippen LogP) is 2.02. The monoisotopic (exact) mass is 253 g/mol. The molecule has 2 heterocycles. The number of rotatable bonds is 1.